The first kappa shape index (κ1) is 12.3. The van der Waals surface area contributed by atoms with Gasteiger partial charge in [-0.3, -0.25) is 4.79 Å². The van der Waals surface area contributed by atoms with Crippen molar-refractivity contribution in [1.29, 1.82) is 0 Å². The molecule has 1 fully saturated rings. The Morgan fingerprint density at radius 3 is 2.88 bits per heavy atom. The highest BCUT2D eigenvalue weighted by Crippen LogP contribution is 2.15. The minimum Gasteiger partial charge on any atom is -0.307 e. The van der Waals surface area contributed by atoms with Crippen LogP contribution in [0.15, 0.2) is 18.2 Å². The Morgan fingerprint density at radius 2 is 2.18 bits per heavy atom. The van der Waals surface area contributed by atoms with E-state index in [2.05, 4.69) is 37.4 Å². The summed E-state index contributed by atoms with van der Waals surface area (Å²) >= 11 is 0. The van der Waals surface area contributed by atoms with Crippen LogP contribution in [0.2, 0.25) is 0 Å². The number of carbonyl (C=O) groups is 1. The summed E-state index contributed by atoms with van der Waals surface area (Å²) in [6.07, 6.45) is 3.96. The van der Waals surface area contributed by atoms with Crippen molar-refractivity contribution >= 4 is 5.78 Å². The molecule has 1 heterocycles. The quantitative estimate of drug-likeness (QED) is 0.866. The highest BCUT2D eigenvalue weighted by molar-refractivity contribution is 5.86. The molecule has 0 aliphatic carbocycles. The summed E-state index contributed by atoms with van der Waals surface area (Å²) in [5.74, 6) is 0.346. The van der Waals surface area contributed by atoms with E-state index in [9.17, 15) is 4.79 Å². The summed E-state index contributed by atoms with van der Waals surface area (Å²) in [6, 6.07) is 6.42. The predicted molar refractivity (Wildman–Crippen MR) is 70.3 cm³/mol. The fourth-order valence-electron chi connectivity index (χ4n) is 2.43. The minimum absolute atomic E-state index is 0.0867. The van der Waals surface area contributed by atoms with Crippen LogP contribution >= 0.6 is 0 Å². The summed E-state index contributed by atoms with van der Waals surface area (Å²) in [6.45, 7) is 5.14. The maximum absolute atomic E-state index is 12.2. The van der Waals surface area contributed by atoms with Crippen molar-refractivity contribution in [2.24, 2.45) is 0 Å². The zero-order valence-corrected chi connectivity index (χ0v) is 10.8. The Hall–Kier alpha value is -1.15. The van der Waals surface area contributed by atoms with Crippen molar-refractivity contribution in [2.45, 2.75) is 45.6 Å². The molecule has 0 aromatic heterocycles. The van der Waals surface area contributed by atoms with E-state index >= 15 is 0 Å². The lowest BCUT2D eigenvalue weighted by atomic mass is 9.94. The maximum atomic E-state index is 12.2. The molecule has 0 saturated carbocycles. The molecule has 1 aliphatic rings. The summed E-state index contributed by atoms with van der Waals surface area (Å²) in [5.41, 5.74) is 3.64. The zero-order valence-electron chi connectivity index (χ0n) is 10.8. The van der Waals surface area contributed by atoms with Crippen LogP contribution in [-0.4, -0.2) is 18.4 Å². The van der Waals surface area contributed by atoms with Gasteiger partial charge in [-0.15, -0.1) is 0 Å². The third-order valence-electron chi connectivity index (χ3n) is 3.57. The monoisotopic (exact) mass is 231 g/mol. The molecule has 1 aromatic carbocycles. The molecule has 2 nitrogen and oxygen atoms in total. The summed E-state index contributed by atoms with van der Waals surface area (Å²) in [4.78, 5) is 12.2. The lowest BCUT2D eigenvalue weighted by Crippen LogP contribution is -2.41. The standard InChI is InChI=1S/C15H21NO/c1-11-6-7-12(2)13(9-11)10-15(17)14-5-3-4-8-16-14/h6-7,9,14,16H,3-5,8,10H2,1-2H3. The molecule has 1 N–H and O–H groups in total. The Morgan fingerprint density at radius 1 is 1.35 bits per heavy atom. The smallest absolute Gasteiger partial charge is 0.154 e. The molecule has 92 valence electrons. The molecule has 17 heavy (non-hydrogen) atoms. The predicted octanol–water partition coefficient (Wildman–Crippen LogP) is 2.56. The summed E-state index contributed by atoms with van der Waals surface area (Å²) in [7, 11) is 0. The van der Waals surface area contributed by atoms with Crippen molar-refractivity contribution < 1.29 is 4.79 Å². The number of rotatable bonds is 3. The Balaban J connectivity index is 2.04. The number of benzene rings is 1. The van der Waals surface area contributed by atoms with Gasteiger partial charge in [0.2, 0.25) is 0 Å². The van der Waals surface area contributed by atoms with Gasteiger partial charge in [-0.2, -0.15) is 0 Å². The molecular formula is C15H21NO. The van der Waals surface area contributed by atoms with Gasteiger partial charge in [0, 0.05) is 6.42 Å². The second kappa shape index (κ2) is 5.46. The van der Waals surface area contributed by atoms with Crippen LogP contribution < -0.4 is 5.32 Å². The van der Waals surface area contributed by atoms with E-state index in [-0.39, 0.29) is 6.04 Å². The third-order valence-corrected chi connectivity index (χ3v) is 3.57. The van der Waals surface area contributed by atoms with E-state index in [1.807, 2.05) is 0 Å². The van der Waals surface area contributed by atoms with Crippen LogP contribution in [0.1, 0.15) is 36.0 Å². The summed E-state index contributed by atoms with van der Waals surface area (Å²) < 4.78 is 0. The molecule has 1 aliphatic heterocycles. The normalized spacial score (nSPS) is 20.2. The van der Waals surface area contributed by atoms with Crippen LogP contribution in [0.3, 0.4) is 0 Å². The zero-order chi connectivity index (χ0) is 12.3. The molecule has 0 amide bonds. The van der Waals surface area contributed by atoms with Crippen molar-refractivity contribution in [1.82, 2.24) is 5.32 Å². The van der Waals surface area contributed by atoms with Crippen LogP contribution in [0.25, 0.3) is 0 Å². The fraction of sp³-hybridized carbons (Fsp3) is 0.533. The second-order valence-corrected chi connectivity index (χ2v) is 5.08. The molecule has 1 aromatic rings. The van der Waals surface area contributed by atoms with Crippen molar-refractivity contribution in [2.75, 3.05) is 6.54 Å². The highest BCUT2D eigenvalue weighted by Gasteiger charge is 2.20. The lowest BCUT2D eigenvalue weighted by Gasteiger charge is -2.22. The average Bonchev–Trinajstić information content (AvgIpc) is 2.35. The maximum Gasteiger partial charge on any atom is 0.154 e. The van der Waals surface area contributed by atoms with Gasteiger partial charge in [0.15, 0.2) is 5.78 Å². The van der Waals surface area contributed by atoms with E-state index in [1.165, 1.54) is 29.5 Å². The number of nitrogens with one attached hydrogen (secondary N) is 1. The van der Waals surface area contributed by atoms with Crippen molar-refractivity contribution in [3.63, 3.8) is 0 Å². The van der Waals surface area contributed by atoms with Crippen LogP contribution in [0.4, 0.5) is 0 Å². The molecule has 0 radical (unpaired) electrons. The van der Waals surface area contributed by atoms with Gasteiger partial charge in [0.1, 0.15) is 0 Å². The first-order chi connectivity index (χ1) is 8.16. The van der Waals surface area contributed by atoms with E-state index in [0.717, 1.165) is 13.0 Å². The number of hydrogen-bond acceptors (Lipinski definition) is 2. The van der Waals surface area contributed by atoms with Gasteiger partial charge >= 0.3 is 0 Å². The first-order valence-electron chi connectivity index (χ1n) is 6.49. The SMILES string of the molecule is Cc1ccc(C)c(CC(=O)C2CCCCN2)c1. The lowest BCUT2D eigenvalue weighted by molar-refractivity contribution is -0.120. The molecule has 1 unspecified atom stereocenters. The summed E-state index contributed by atoms with van der Waals surface area (Å²) in [5, 5.41) is 3.32. The van der Waals surface area contributed by atoms with Gasteiger partial charge in [-0.05, 0) is 44.4 Å². The second-order valence-electron chi connectivity index (χ2n) is 5.08. The van der Waals surface area contributed by atoms with Crippen LogP contribution in [0, 0.1) is 13.8 Å². The average molecular weight is 231 g/mol. The van der Waals surface area contributed by atoms with Crippen molar-refractivity contribution in [3.05, 3.63) is 34.9 Å². The van der Waals surface area contributed by atoms with E-state index in [1.54, 1.807) is 0 Å². The van der Waals surface area contributed by atoms with E-state index < -0.39 is 0 Å². The topological polar surface area (TPSA) is 29.1 Å². The number of aryl methyl sites for hydroxylation is 2. The number of ketones is 1. The number of carbonyl (C=O) groups excluding carboxylic acids is 1. The minimum atomic E-state index is 0.0867. The molecule has 0 spiro atoms. The number of piperidine rings is 1. The van der Waals surface area contributed by atoms with E-state index in [4.69, 9.17) is 0 Å². The van der Waals surface area contributed by atoms with E-state index in [0.29, 0.717) is 12.2 Å². The third kappa shape index (κ3) is 3.16. The number of hydrogen-bond donors (Lipinski definition) is 1. The largest absolute Gasteiger partial charge is 0.307 e. The molecule has 0 bridgehead atoms. The Labute approximate surface area is 103 Å². The van der Waals surface area contributed by atoms with Gasteiger partial charge in [-0.25, -0.2) is 0 Å². The molecule has 2 heteroatoms. The molecule has 1 saturated heterocycles. The Bertz CT molecular complexity index is 405. The first-order valence-corrected chi connectivity index (χ1v) is 6.49. The fourth-order valence-corrected chi connectivity index (χ4v) is 2.43. The van der Waals surface area contributed by atoms with Crippen LogP contribution in [-0.2, 0) is 11.2 Å². The Kier molecular flexibility index (Phi) is 3.95. The molecule has 2 rings (SSSR count). The van der Waals surface area contributed by atoms with Gasteiger partial charge in [0.05, 0.1) is 6.04 Å². The molecular weight excluding hydrogens is 210 g/mol. The van der Waals surface area contributed by atoms with Gasteiger partial charge in [0.25, 0.3) is 0 Å². The number of Topliss-reactive ketones (excluding diaryl/α,β-unsaturated/α-hetero) is 1. The van der Waals surface area contributed by atoms with Gasteiger partial charge < -0.3 is 5.32 Å². The van der Waals surface area contributed by atoms with Crippen molar-refractivity contribution in [3.8, 4) is 0 Å². The van der Waals surface area contributed by atoms with Gasteiger partial charge in [-0.1, -0.05) is 30.2 Å². The highest BCUT2D eigenvalue weighted by atomic mass is 16.1. The molecule has 1 atom stereocenters. The van der Waals surface area contributed by atoms with Crippen LogP contribution in [0.5, 0.6) is 0 Å².